The van der Waals surface area contributed by atoms with Crippen molar-refractivity contribution in [3.63, 3.8) is 0 Å². The number of nitrogens with zero attached hydrogens (tertiary/aromatic N) is 2. The van der Waals surface area contributed by atoms with E-state index in [0.717, 1.165) is 26.2 Å². The smallest absolute Gasteiger partial charge is 0.134 e. The van der Waals surface area contributed by atoms with Crippen LogP contribution >= 0.6 is 0 Å². The van der Waals surface area contributed by atoms with E-state index >= 15 is 0 Å². The van der Waals surface area contributed by atoms with Crippen LogP contribution in [0, 0.1) is 11.3 Å². The first kappa shape index (κ1) is 15.3. The third-order valence-electron chi connectivity index (χ3n) is 4.85. The molecule has 2 rings (SSSR count). The summed E-state index contributed by atoms with van der Waals surface area (Å²) in [6.45, 7) is 12.9. The third-order valence-corrected chi connectivity index (χ3v) is 4.85. The molecule has 1 atom stereocenters. The highest BCUT2D eigenvalue weighted by molar-refractivity contribution is 5.79. The summed E-state index contributed by atoms with van der Waals surface area (Å²) in [7, 11) is 2.18. The van der Waals surface area contributed by atoms with E-state index < -0.39 is 0 Å². The first-order valence-electron chi connectivity index (χ1n) is 7.66. The summed E-state index contributed by atoms with van der Waals surface area (Å²) in [5, 5.41) is 0. The maximum absolute atomic E-state index is 11.6. The number of likely N-dealkylation sites (N-methyl/N-ethyl adjacent to an activating group) is 1. The van der Waals surface area contributed by atoms with Crippen LogP contribution in [0.25, 0.3) is 0 Å². The Bertz CT molecular complexity index is 440. The first-order valence-corrected chi connectivity index (χ1v) is 7.66. The van der Waals surface area contributed by atoms with Crippen LogP contribution in [-0.4, -0.2) is 48.8 Å². The molecule has 0 aromatic carbocycles. The van der Waals surface area contributed by atoms with Gasteiger partial charge in [0, 0.05) is 44.2 Å². The summed E-state index contributed by atoms with van der Waals surface area (Å²) in [6, 6.07) is 0. The van der Waals surface area contributed by atoms with Crippen molar-refractivity contribution < 1.29 is 4.79 Å². The second kappa shape index (κ2) is 5.72. The molecule has 0 N–H and O–H groups in total. The molecular formula is C17H28N2O. The van der Waals surface area contributed by atoms with Crippen LogP contribution < -0.4 is 0 Å². The predicted molar refractivity (Wildman–Crippen MR) is 83.5 cm³/mol. The lowest BCUT2D eigenvalue weighted by Crippen LogP contribution is -2.47. The highest BCUT2D eigenvalue weighted by atomic mass is 16.1. The Morgan fingerprint density at radius 2 is 1.90 bits per heavy atom. The van der Waals surface area contributed by atoms with Crippen molar-refractivity contribution in [3.8, 4) is 0 Å². The molecule has 112 valence electrons. The quantitative estimate of drug-likeness (QED) is 0.792. The molecule has 0 saturated carbocycles. The Balaban J connectivity index is 2.31. The van der Waals surface area contributed by atoms with E-state index in [1.165, 1.54) is 11.3 Å². The van der Waals surface area contributed by atoms with Crippen LogP contribution in [0.15, 0.2) is 23.4 Å². The molecule has 1 saturated heterocycles. The van der Waals surface area contributed by atoms with Crippen LogP contribution in [0.2, 0.25) is 0 Å². The van der Waals surface area contributed by atoms with E-state index in [-0.39, 0.29) is 11.2 Å². The monoisotopic (exact) mass is 276 g/mol. The minimum absolute atomic E-state index is 0.166. The van der Waals surface area contributed by atoms with Gasteiger partial charge >= 0.3 is 0 Å². The van der Waals surface area contributed by atoms with Crippen molar-refractivity contribution in [2.45, 2.75) is 34.1 Å². The van der Waals surface area contributed by atoms with Gasteiger partial charge in [0.2, 0.25) is 0 Å². The molecule has 0 bridgehead atoms. The van der Waals surface area contributed by atoms with Gasteiger partial charge in [-0.2, -0.15) is 0 Å². The van der Waals surface area contributed by atoms with Gasteiger partial charge in [-0.3, -0.25) is 4.79 Å². The van der Waals surface area contributed by atoms with Crippen molar-refractivity contribution in [3.05, 3.63) is 23.4 Å². The Hall–Kier alpha value is -1.09. The average molecular weight is 276 g/mol. The summed E-state index contributed by atoms with van der Waals surface area (Å²) in [4.78, 5) is 16.4. The molecule has 1 unspecified atom stereocenters. The van der Waals surface area contributed by atoms with Crippen LogP contribution in [0.3, 0.4) is 0 Å². The summed E-state index contributed by atoms with van der Waals surface area (Å²) in [5.41, 5.74) is 2.80. The average Bonchev–Trinajstić information content (AvgIpc) is 2.36. The summed E-state index contributed by atoms with van der Waals surface area (Å²) < 4.78 is 0. The van der Waals surface area contributed by atoms with Crippen molar-refractivity contribution in [2.24, 2.45) is 11.3 Å². The van der Waals surface area contributed by atoms with E-state index in [4.69, 9.17) is 0 Å². The lowest BCUT2D eigenvalue weighted by Gasteiger charge is -2.44. The van der Waals surface area contributed by atoms with Crippen LogP contribution in [0.4, 0.5) is 0 Å². The van der Waals surface area contributed by atoms with Crippen molar-refractivity contribution in [2.75, 3.05) is 33.2 Å². The minimum atomic E-state index is 0.166. The second-order valence-corrected chi connectivity index (χ2v) is 6.96. The van der Waals surface area contributed by atoms with Crippen LogP contribution in [0.5, 0.6) is 0 Å². The number of carbonyl (C=O) groups is 1. The van der Waals surface area contributed by atoms with Gasteiger partial charge < -0.3 is 9.80 Å². The fourth-order valence-electron chi connectivity index (χ4n) is 3.12. The lowest BCUT2D eigenvalue weighted by atomic mass is 9.72. The number of Topliss-reactive ketones (excluding diaryl/α,β-unsaturated/α-hetero) is 1. The number of ketones is 1. The number of piperazine rings is 1. The van der Waals surface area contributed by atoms with Crippen LogP contribution in [0.1, 0.15) is 34.1 Å². The van der Waals surface area contributed by atoms with Gasteiger partial charge in [-0.1, -0.05) is 32.9 Å². The number of rotatable bonds is 3. The van der Waals surface area contributed by atoms with E-state index in [1.54, 1.807) is 6.92 Å². The number of allylic oxidation sites excluding steroid dienone is 4. The fraction of sp³-hybridized carbons (Fsp3) is 0.706. The molecule has 2 aliphatic rings. The SMILES string of the molecule is CC(=O)CC1=C(N2CCN(C)CC2)C(C)C(C)(C)C=C1. The lowest BCUT2D eigenvalue weighted by molar-refractivity contribution is -0.116. The van der Waals surface area contributed by atoms with Gasteiger partial charge in [-0.25, -0.2) is 0 Å². The normalized spacial score (nSPS) is 27.1. The number of hydrogen-bond donors (Lipinski definition) is 0. The highest BCUT2D eigenvalue weighted by Crippen LogP contribution is 2.41. The zero-order valence-electron chi connectivity index (χ0n) is 13.6. The first-order chi connectivity index (χ1) is 9.31. The van der Waals surface area contributed by atoms with Gasteiger partial charge in [0.05, 0.1) is 0 Å². The molecule has 3 nitrogen and oxygen atoms in total. The Labute approximate surface area is 123 Å². The molecule has 1 aliphatic carbocycles. The molecule has 0 aromatic rings. The van der Waals surface area contributed by atoms with Crippen LogP contribution in [-0.2, 0) is 4.79 Å². The van der Waals surface area contributed by atoms with E-state index in [2.05, 4.69) is 49.8 Å². The van der Waals surface area contributed by atoms with Gasteiger partial charge in [-0.05, 0) is 25.0 Å². The summed E-state index contributed by atoms with van der Waals surface area (Å²) in [6.07, 6.45) is 5.03. The molecule has 0 aromatic heterocycles. The topological polar surface area (TPSA) is 23.6 Å². The number of carbonyl (C=O) groups excluding carboxylic acids is 1. The summed E-state index contributed by atoms with van der Waals surface area (Å²) in [5.74, 6) is 0.716. The Kier molecular flexibility index (Phi) is 4.38. The Morgan fingerprint density at radius 1 is 1.30 bits per heavy atom. The fourth-order valence-corrected chi connectivity index (χ4v) is 3.12. The molecule has 3 heteroatoms. The molecule has 20 heavy (non-hydrogen) atoms. The predicted octanol–water partition coefficient (Wildman–Crippen LogP) is 2.70. The minimum Gasteiger partial charge on any atom is -0.372 e. The maximum Gasteiger partial charge on any atom is 0.134 e. The van der Waals surface area contributed by atoms with Crippen molar-refractivity contribution >= 4 is 5.78 Å². The number of hydrogen-bond acceptors (Lipinski definition) is 3. The summed E-state index contributed by atoms with van der Waals surface area (Å²) >= 11 is 0. The van der Waals surface area contributed by atoms with Gasteiger partial charge in [-0.15, -0.1) is 0 Å². The van der Waals surface area contributed by atoms with E-state index in [9.17, 15) is 4.79 Å². The molecule has 1 fully saturated rings. The molecular weight excluding hydrogens is 248 g/mol. The third kappa shape index (κ3) is 3.14. The molecule has 0 amide bonds. The van der Waals surface area contributed by atoms with E-state index in [0.29, 0.717) is 12.3 Å². The molecule has 1 aliphatic heterocycles. The standard InChI is InChI=1S/C17H28N2O/c1-13(20)12-15-6-7-17(3,4)14(2)16(15)19-10-8-18(5)9-11-19/h6-7,14H,8-12H2,1-5H3. The highest BCUT2D eigenvalue weighted by Gasteiger charge is 2.34. The second-order valence-electron chi connectivity index (χ2n) is 6.96. The molecule has 0 spiro atoms. The van der Waals surface area contributed by atoms with Crippen molar-refractivity contribution in [1.82, 2.24) is 9.80 Å². The van der Waals surface area contributed by atoms with Crippen molar-refractivity contribution in [1.29, 1.82) is 0 Å². The Morgan fingerprint density at radius 3 is 2.45 bits per heavy atom. The van der Waals surface area contributed by atoms with Gasteiger partial charge in [0.25, 0.3) is 0 Å². The van der Waals surface area contributed by atoms with E-state index in [1.807, 2.05) is 0 Å². The zero-order valence-corrected chi connectivity index (χ0v) is 13.6. The largest absolute Gasteiger partial charge is 0.372 e. The molecule has 1 heterocycles. The van der Waals surface area contributed by atoms with Gasteiger partial charge in [0.1, 0.15) is 5.78 Å². The zero-order chi connectivity index (χ0) is 14.9. The molecule has 0 radical (unpaired) electrons. The maximum atomic E-state index is 11.6. The van der Waals surface area contributed by atoms with Gasteiger partial charge in [0.15, 0.2) is 0 Å².